The van der Waals surface area contributed by atoms with Crippen LogP contribution >= 0.6 is 11.6 Å². The van der Waals surface area contributed by atoms with E-state index in [1.54, 1.807) is 4.90 Å². The minimum atomic E-state index is -1.06. The van der Waals surface area contributed by atoms with Gasteiger partial charge in [-0.1, -0.05) is 20.8 Å². The molecule has 0 radical (unpaired) electrons. The molecule has 7 heteroatoms. The molecule has 0 aliphatic carbocycles. The molecule has 138 valence electrons. The Morgan fingerprint density at radius 2 is 1.92 bits per heavy atom. The Hall–Kier alpha value is -1.95. The predicted molar refractivity (Wildman–Crippen MR) is 97.6 cm³/mol. The Bertz CT molecular complexity index is 612. The van der Waals surface area contributed by atoms with Gasteiger partial charge in [0, 0.05) is 24.7 Å². The number of hydrogen-bond donors (Lipinski definition) is 1. The predicted octanol–water partition coefficient (Wildman–Crippen LogP) is 3.44. The van der Waals surface area contributed by atoms with Crippen molar-refractivity contribution in [3.63, 3.8) is 0 Å². The number of carbonyl (C=O) groups excluding carboxylic acids is 1. The molecule has 2 rings (SSSR count). The first-order chi connectivity index (χ1) is 11.8. The highest BCUT2D eigenvalue weighted by atomic mass is 35.5. The number of anilines is 1. The summed E-state index contributed by atoms with van der Waals surface area (Å²) in [5.74, 6) is 1.07. The summed E-state index contributed by atoms with van der Waals surface area (Å²) >= 11 is 5.63. The molecule has 25 heavy (non-hydrogen) atoms. The molecular weight excluding hydrogens is 344 g/mol. The number of ether oxygens (including phenoxy) is 1. The van der Waals surface area contributed by atoms with Gasteiger partial charge in [0.25, 0.3) is 5.91 Å². The molecule has 1 aliphatic heterocycles. The summed E-state index contributed by atoms with van der Waals surface area (Å²) < 4.78 is 5.57. The quantitative estimate of drug-likeness (QED) is 0.638. The molecule has 0 saturated carbocycles. The highest BCUT2D eigenvalue weighted by molar-refractivity contribution is 6.17. The summed E-state index contributed by atoms with van der Waals surface area (Å²) in [6, 6.07) is 6.56. The van der Waals surface area contributed by atoms with Crippen LogP contribution in [0.15, 0.2) is 24.3 Å². The molecule has 6 nitrogen and oxygen atoms in total. The third-order valence-corrected chi connectivity index (χ3v) is 4.40. The summed E-state index contributed by atoms with van der Waals surface area (Å²) in [5.41, 5.74) is 0.257. The molecule has 1 unspecified atom stereocenters. The molecule has 1 aromatic rings. The van der Waals surface area contributed by atoms with E-state index in [0.717, 1.165) is 17.9 Å². The average Bonchev–Trinajstić information content (AvgIpc) is 2.54. The van der Waals surface area contributed by atoms with Gasteiger partial charge in [-0.05, 0) is 36.1 Å². The lowest BCUT2D eigenvalue weighted by Crippen LogP contribution is -2.63. The van der Waals surface area contributed by atoms with Gasteiger partial charge in [-0.15, -0.1) is 11.6 Å². The fourth-order valence-corrected chi connectivity index (χ4v) is 3.10. The van der Waals surface area contributed by atoms with Crippen LogP contribution in [0.3, 0.4) is 0 Å². The van der Waals surface area contributed by atoms with Gasteiger partial charge >= 0.3 is 6.09 Å². The lowest BCUT2D eigenvalue weighted by atomic mass is 9.83. The number of amides is 2. The second-order valence-corrected chi connectivity index (χ2v) is 7.50. The average molecular weight is 369 g/mol. The van der Waals surface area contributed by atoms with Crippen LogP contribution in [0.1, 0.15) is 27.2 Å². The Balaban J connectivity index is 2.17. The maximum absolute atomic E-state index is 13.0. The number of alkyl halides is 1. The summed E-state index contributed by atoms with van der Waals surface area (Å²) in [7, 11) is 0. The summed E-state index contributed by atoms with van der Waals surface area (Å²) in [6.45, 7) is 6.81. The molecule has 1 atom stereocenters. The van der Waals surface area contributed by atoms with Crippen molar-refractivity contribution in [1.29, 1.82) is 0 Å². The highest BCUT2D eigenvalue weighted by Crippen LogP contribution is 2.31. The number of carboxylic acid groups (broad SMARTS) is 1. The Labute approximate surface area is 153 Å². The first-order valence-electron chi connectivity index (χ1n) is 8.35. The van der Waals surface area contributed by atoms with Crippen molar-refractivity contribution in [2.75, 3.05) is 30.5 Å². The minimum Gasteiger partial charge on any atom is -0.494 e. The molecule has 1 heterocycles. The molecule has 0 bridgehead atoms. The van der Waals surface area contributed by atoms with Crippen LogP contribution in [0.4, 0.5) is 10.5 Å². The van der Waals surface area contributed by atoms with Crippen molar-refractivity contribution >= 4 is 29.3 Å². The third kappa shape index (κ3) is 4.57. The van der Waals surface area contributed by atoms with E-state index in [-0.39, 0.29) is 12.5 Å². The lowest BCUT2D eigenvalue weighted by molar-refractivity contribution is -0.129. The van der Waals surface area contributed by atoms with E-state index in [2.05, 4.69) is 0 Å². The topological polar surface area (TPSA) is 70.1 Å². The molecule has 0 spiro atoms. The Kier molecular flexibility index (Phi) is 6.16. The van der Waals surface area contributed by atoms with Crippen LogP contribution in [-0.2, 0) is 4.79 Å². The zero-order chi connectivity index (χ0) is 18.6. The van der Waals surface area contributed by atoms with Crippen molar-refractivity contribution in [3.8, 4) is 5.75 Å². The van der Waals surface area contributed by atoms with Gasteiger partial charge in [0.05, 0.1) is 6.61 Å². The Morgan fingerprint density at radius 1 is 1.28 bits per heavy atom. The van der Waals surface area contributed by atoms with Gasteiger partial charge in [-0.2, -0.15) is 0 Å². The first-order valence-corrected chi connectivity index (χ1v) is 8.89. The lowest BCUT2D eigenvalue weighted by Gasteiger charge is -2.44. The summed E-state index contributed by atoms with van der Waals surface area (Å²) in [6.07, 6.45) is -0.289. The second-order valence-electron chi connectivity index (χ2n) is 7.12. The van der Waals surface area contributed by atoms with Crippen LogP contribution < -0.4 is 9.64 Å². The number of hydrogen-bond acceptors (Lipinski definition) is 3. The number of benzene rings is 1. The van der Waals surface area contributed by atoms with Crippen molar-refractivity contribution in [3.05, 3.63) is 24.3 Å². The zero-order valence-electron chi connectivity index (χ0n) is 14.9. The smallest absolute Gasteiger partial charge is 0.408 e. The standard InChI is InChI=1S/C18H25ClN2O4/c1-18(2,3)15-16(22)20(10-11-21(15)17(23)24)13-5-7-14(8-6-13)25-12-4-9-19/h5-8,15H,4,9-12H2,1-3H3,(H,23,24). The van der Waals surface area contributed by atoms with Crippen LogP contribution in [0.2, 0.25) is 0 Å². The molecule has 1 saturated heterocycles. The highest BCUT2D eigenvalue weighted by Gasteiger charge is 2.44. The number of nitrogens with zero attached hydrogens (tertiary/aromatic N) is 2. The van der Waals surface area contributed by atoms with E-state index < -0.39 is 17.6 Å². The van der Waals surface area contributed by atoms with E-state index >= 15 is 0 Å². The maximum Gasteiger partial charge on any atom is 0.408 e. The van der Waals surface area contributed by atoms with Gasteiger partial charge in [-0.25, -0.2) is 4.79 Å². The van der Waals surface area contributed by atoms with Gasteiger partial charge in [0.1, 0.15) is 11.8 Å². The van der Waals surface area contributed by atoms with Gasteiger partial charge in [0.15, 0.2) is 0 Å². The van der Waals surface area contributed by atoms with E-state index in [1.807, 2.05) is 45.0 Å². The number of rotatable bonds is 5. The zero-order valence-corrected chi connectivity index (χ0v) is 15.6. The SMILES string of the molecule is CC(C)(C)C1C(=O)N(c2ccc(OCCCCl)cc2)CCN1C(=O)O. The number of piperazine rings is 1. The van der Waals surface area contributed by atoms with Crippen LogP contribution in [0.25, 0.3) is 0 Å². The molecular formula is C18H25ClN2O4. The fourth-order valence-electron chi connectivity index (χ4n) is 3.00. The molecule has 1 N–H and O–H groups in total. The van der Waals surface area contributed by atoms with Crippen LogP contribution in [0.5, 0.6) is 5.75 Å². The number of carbonyl (C=O) groups is 2. The molecule has 1 aliphatic rings. The fraction of sp³-hybridized carbons (Fsp3) is 0.556. The van der Waals surface area contributed by atoms with Crippen molar-refractivity contribution in [2.45, 2.75) is 33.2 Å². The third-order valence-electron chi connectivity index (χ3n) is 4.14. The number of halogens is 1. The minimum absolute atomic E-state index is 0.197. The van der Waals surface area contributed by atoms with E-state index in [0.29, 0.717) is 19.0 Å². The monoisotopic (exact) mass is 368 g/mol. The van der Waals surface area contributed by atoms with Gasteiger partial charge in [-0.3, -0.25) is 9.69 Å². The van der Waals surface area contributed by atoms with E-state index in [9.17, 15) is 14.7 Å². The van der Waals surface area contributed by atoms with Gasteiger partial charge < -0.3 is 14.7 Å². The maximum atomic E-state index is 13.0. The molecule has 1 fully saturated rings. The molecule has 0 aromatic heterocycles. The molecule has 1 aromatic carbocycles. The normalized spacial score (nSPS) is 18.4. The summed E-state index contributed by atoms with van der Waals surface area (Å²) in [4.78, 5) is 27.3. The van der Waals surface area contributed by atoms with Crippen LogP contribution in [0, 0.1) is 5.41 Å². The van der Waals surface area contributed by atoms with Crippen molar-refractivity contribution in [1.82, 2.24) is 4.90 Å². The first kappa shape index (κ1) is 19.4. The van der Waals surface area contributed by atoms with Crippen LogP contribution in [-0.4, -0.2) is 53.6 Å². The van der Waals surface area contributed by atoms with E-state index in [4.69, 9.17) is 16.3 Å². The van der Waals surface area contributed by atoms with Gasteiger partial charge in [0.2, 0.25) is 0 Å². The second kappa shape index (κ2) is 7.95. The largest absolute Gasteiger partial charge is 0.494 e. The summed E-state index contributed by atoms with van der Waals surface area (Å²) in [5, 5.41) is 9.42. The van der Waals surface area contributed by atoms with E-state index in [1.165, 1.54) is 4.90 Å². The van der Waals surface area contributed by atoms with Crippen molar-refractivity contribution < 1.29 is 19.4 Å². The molecule has 2 amide bonds. The van der Waals surface area contributed by atoms with Crippen molar-refractivity contribution in [2.24, 2.45) is 5.41 Å². The Morgan fingerprint density at radius 3 is 2.44 bits per heavy atom.